The maximum Gasteiger partial charge on any atom is 0.214 e. The standard InChI is InChI=1S/C19H20N4OS/c1-14-8-6-9-15(2)18(14)23-19(20-21-22-23)25-13-7-12-17(24)16-10-4-3-5-11-16/h3-6,8-11H,7,12-13H2,1-2H3. The molecule has 6 heteroatoms. The molecule has 0 fully saturated rings. The second-order valence-corrected chi connectivity index (χ2v) is 6.92. The largest absolute Gasteiger partial charge is 0.294 e. The van der Waals surface area contributed by atoms with Crippen LogP contribution in [0.2, 0.25) is 0 Å². The number of tetrazole rings is 1. The summed E-state index contributed by atoms with van der Waals surface area (Å²) in [6.45, 7) is 4.11. The van der Waals surface area contributed by atoms with E-state index < -0.39 is 0 Å². The number of hydrogen-bond acceptors (Lipinski definition) is 5. The lowest BCUT2D eigenvalue weighted by Gasteiger charge is -2.10. The summed E-state index contributed by atoms with van der Waals surface area (Å²) in [5.74, 6) is 0.972. The van der Waals surface area contributed by atoms with Crippen molar-refractivity contribution in [2.24, 2.45) is 0 Å². The van der Waals surface area contributed by atoms with Crippen LogP contribution in [-0.2, 0) is 0 Å². The summed E-state index contributed by atoms with van der Waals surface area (Å²) in [7, 11) is 0. The molecule has 0 spiro atoms. The van der Waals surface area contributed by atoms with Crippen LogP contribution in [0.1, 0.15) is 34.3 Å². The first-order valence-electron chi connectivity index (χ1n) is 8.23. The van der Waals surface area contributed by atoms with E-state index in [9.17, 15) is 4.79 Å². The quantitative estimate of drug-likeness (QED) is 0.365. The third kappa shape index (κ3) is 4.14. The van der Waals surface area contributed by atoms with Crippen molar-refractivity contribution in [3.63, 3.8) is 0 Å². The first kappa shape index (κ1) is 17.4. The molecule has 0 amide bonds. The van der Waals surface area contributed by atoms with Gasteiger partial charge in [0.2, 0.25) is 5.16 Å². The topological polar surface area (TPSA) is 60.7 Å². The number of hydrogen-bond donors (Lipinski definition) is 0. The summed E-state index contributed by atoms with van der Waals surface area (Å²) >= 11 is 1.58. The number of carbonyl (C=O) groups is 1. The minimum atomic E-state index is 0.176. The van der Waals surface area contributed by atoms with Gasteiger partial charge >= 0.3 is 0 Å². The molecular weight excluding hydrogens is 332 g/mol. The lowest BCUT2D eigenvalue weighted by atomic mass is 10.1. The third-order valence-corrected chi connectivity index (χ3v) is 4.97. The highest BCUT2D eigenvalue weighted by atomic mass is 32.2. The SMILES string of the molecule is Cc1cccc(C)c1-n1nnnc1SCCCC(=O)c1ccccc1. The molecule has 1 heterocycles. The molecule has 1 aromatic heterocycles. The Morgan fingerprint density at radius 3 is 2.48 bits per heavy atom. The lowest BCUT2D eigenvalue weighted by Crippen LogP contribution is -2.04. The zero-order chi connectivity index (χ0) is 17.6. The molecule has 128 valence electrons. The third-order valence-electron chi connectivity index (χ3n) is 3.97. The van der Waals surface area contributed by atoms with E-state index >= 15 is 0 Å². The smallest absolute Gasteiger partial charge is 0.214 e. The molecule has 3 aromatic rings. The van der Waals surface area contributed by atoms with E-state index in [0.717, 1.165) is 39.7 Å². The molecule has 0 unspecified atom stereocenters. The summed E-state index contributed by atoms with van der Waals surface area (Å²) in [5.41, 5.74) is 4.06. The van der Waals surface area contributed by atoms with Crippen LogP contribution in [0.15, 0.2) is 53.7 Å². The number of aryl methyl sites for hydroxylation is 2. The average Bonchev–Trinajstić information content (AvgIpc) is 3.07. The van der Waals surface area contributed by atoms with Crippen molar-refractivity contribution in [3.8, 4) is 5.69 Å². The van der Waals surface area contributed by atoms with Gasteiger partial charge in [-0.05, 0) is 41.8 Å². The van der Waals surface area contributed by atoms with Crippen LogP contribution in [-0.4, -0.2) is 31.7 Å². The molecule has 0 N–H and O–H groups in total. The molecule has 3 rings (SSSR count). The number of Topliss-reactive ketones (excluding diaryl/α,β-unsaturated/α-hetero) is 1. The normalized spacial score (nSPS) is 10.8. The monoisotopic (exact) mass is 352 g/mol. The second kappa shape index (κ2) is 8.07. The van der Waals surface area contributed by atoms with E-state index in [-0.39, 0.29) is 5.78 Å². The highest BCUT2D eigenvalue weighted by molar-refractivity contribution is 7.99. The molecule has 2 aromatic carbocycles. The Labute approximate surface area is 151 Å². The Kier molecular flexibility index (Phi) is 5.60. The molecule has 25 heavy (non-hydrogen) atoms. The van der Waals surface area contributed by atoms with Gasteiger partial charge < -0.3 is 0 Å². The van der Waals surface area contributed by atoms with Crippen molar-refractivity contribution >= 4 is 17.5 Å². The van der Waals surface area contributed by atoms with Crippen molar-refractivity contribution in [1.82, 2.24) is 20.2 Å². The van der Waals surface area contributed by atoms with Gasteiger partial charge in [0.05, 0.1) is 5.69 Å². The number of thioether (sulfide) groups is 1. The van der Waals surface area contributed by atoms with Gasteiger partial charge in [-0.2, -0.15) is 4.68 Å². The van der Waals surface area contributed by atoms with Gasteiger partial charge in [0, 0.05) is 17.7 Å². The van der Waals surface area contributed by atoms with Crippen LogP contribution in [0.5, 0.6) is 0 Å². The maximum absolute atomic E-state index is 12.1. The van der Waals surface area contributed by atoms with E-state index in [4.69, 9.17) is 0 Å². The molecule has 0 saturated heterocycles. The minimum Gasteiger partial charge on any atom is -0.294 e. The van der Waals surface area contributed by atoms with Crippen molar-refractivity contribution in [1.29, 1.82) is 0 Å². The maximum atomic E-state index is 12.1. The number of benzene rings is 2. The fourth-order valence-electron chi connectivity index (χ4n) is 2.71. The lowest BCUT2D eigenvalue weighted by molar-refractivity contribution is 0.0982. The van der Waals surface area contributed by atoms with Gasteiger partial charge in [0.25, 0.3) is 0 Å². The molecule has 0 radical (unpaired) electrons. The molecule has 0 aliphatic heterocycles. The Balaban J connectivity index is 1.60. The van der Waals surface area contributed by atoms with E-state index in [1.807, 2.05) is 36.4 Å². The van der Waals surface area contributed by atoms with E-state index in [0.29, 0.717) is 6.42 Å². The zero-order valence-corrected chi connectivity index (χ0v) is 15.2. The highest BCUT2D eigenvalue weighted by Gasteiger charge is 2.13. The van der Waals surface area contributed by atoms with Crippen LogP contribution < -0.4 is 0 Å². The molecule has 0 atom stereocenters. The zero-order valence-electron chi connectivity index (χ0n) is 14.3. The van der Waals surface area contributed by atoms with Crippen LogP contribution in [0.4, 0.5) is 0 Å². The first-order valence-corrected chi connectivity index (χ1v) is 9.21. The van der Waals surface area contributed by atoms with E-state index in [2.05, 4.69) is 41.5 Å². The Bertz CT molecular complexity index is 841. The van der Waals surface area contributed by atoms with E-state index in [1.165, 1.54) is 0 Å². The van der Waals surface area contributed by atoms with Crippen LogP contribution in [0.3, 0.4) is 0 Å². The Morgan fingerprint density at radius 2 is 1.76 bits per heavy atom. The van der Waals surface area contributed by atoms with Gasteiger partial charge in [0.1, 0.15) is 0 Å². The number of rotatable bonds is 7. The summed E-state index contributed by atoms with van der Waals surface area (Å²) in [6, 6.07) is 15.5. The van der Waals surface area contributed by atoms with Crippen molar-refractivity contribution in [3.05, 3.63) is 65.2 Å². The highest BCUT2D eigenvalue weighted by Crippen LogP contribution is 2.24. The predicted molar refractivity (Wildman–Crippen MR) is 99.4 cm³/mol. The molecule has 0 aliphatic rings. The summed E-state index contributed by atoms with van der Waals surface area (Å²) in [6.07, 6.45) is 1.32. The molecule has 0 bridgehead atoms. The van der Waals surface area contributed by atoms with Crippen molar-refractivity contribution in [2.45, 2.75) is 31.8 Å². The van der Waals surface area contributed by atoms with Gasteiger partial charge in [-0.1, -0.05) is 60.3 Å². The summed E-state index contributed by atoms with van der Waals surface area (Å²) in [5, 5.41) is 12.8. The van der Waals surface area contributed by atoms with Crippen LogP contribution >= 0.6 is 11.8 Å². The summed E-state index contributed by atoms with van der Waals surface area (Å²) < 4.78 is 1.79. The predicted octanol–water partition coefficient (Wildman–Crippen LogP) is 4.03. The molecular formula is C19H20N4OS. The van der Waals surface area contributed by atoms with Crippen LogP contribution in [0.25, 0.3) is 5.69 Å². The fraction of sp³-hybridized carbons (Fsp3) is 0.263. The van der Waals surface area contributed by atoms with Crippen molar-refractivity contribution < 1.29 is 4.79 Å². The molecule has 0 saturated carbocycles. The summed E-state index contributed by atoms with van der Waals surface area (Å²) in [4.78, 5) is 12.1. The number of nitrogens with zero attached hydrogens (tertiary/aromatic N) is 4. The average molecular weight is 352 g/mol. The number of carbonyl (C=O) groups excluding carboxylic acids is 1. The van der Waals surface area contributed by atoms with Gasteiger partial charge in [-0.3, -0.25) is 4.79 Å². The first-order chi connectivity index (χ1) is 12.2. The van der Waals surface area contributed by atoms with Gasteiger partial charge in [-0.25, -0.2) is 0 Å². The number of ketones is 1. The fourth-order valence-corrected chi connectivity index (χ4v) is 3.53. The second-order valence-electron chi connectivity index (χ2n) is 5.85. The van der Waals surface area contributed by atoms with Crippen LogP contribution in [0, 0.1) is 13.8 Å². The van der Waals surface area contributed by atoms with E-state index in [1.54, 1.807) is 16.4 Å². The van der Waals surface area contributed by atoms with Gasteiger partial charge in [-0.15, -0.1) is 5.10 Å². The number of para-hydroxylation sites is 1. The van der Waals surface area contributed by atoms with Crippen molar-refractivity contribution in [2.75, 3.05) is 5.75 Å². The molecule has 5 nitrogen and oxygen atoms in total. The Morgan fingerprint density at radius 1 is 1.04 bits per heavy atom. The number of aromatic nitrogens is 4. The van der Waals surface area contributed by atoms with Gasteiger partial charge in [0.15, 0.2) is 5.78 Å². The minimum absolute atomic E-state index is 0.176. The Hall–Kier alpha value is -2.47. The molecule has 0 aliphatic carbocycles.